The summed E-state index contributed by atoms with van der Waals surface area (Å²) in [5.74, 6) is -0.913. The highest BCUT2D eigenvalue weighted by atomic mass is 19.1. The first kappa shape index (κ1) is 17.3. The van der Waals surface area contributed by atoms with Crippen molar-refractivity contribution in [1.82, 2.24) is 15.3 Å². The highest BCUT2D eigenvalue weighted by Crippen LogP contribution is 2.22. The monoisotopic (exact) mass is 327 g/mol. The Morgan fingerprint density at radius 2 is 2.04 bits per heavy atom. The van der Waals surface area contributed by atoms with E-state index in [1.54, 1.807) is 0 Å². The van der Waals surface area contributed by atoms with E-state index in [2.05, 4.69) is 15.3 Å². The molecule has 126 valence electrons. The Morgan fingerprint density at radius 3 is 2.65 bits per heavy atom. The van der Waals surface area contributed by atoms with Gasteiger partial charge in [-0.15, -0.1) is 0 Å². The second-order valence-corrected chi connectivity index (χ2v) is 5.19. The number of hydrogen-bond acceptors (Lipinski definition) is 6. The van der Waals surface area contributed by atoms with Crippen LogP contribution in [0.2, 0.25) is 0 Å². The van der Waals surface area contributed by atoms with Gasteiger partial charge in [0.2, 0.25) is 5.91 Å². The molecule has 0 aliphatic carbocycles. The molecule has 4 atom stereocenters. The zero-order valence-corrected chi connectivity index (χ0v) is 12.3. The van der Waals surface area contributed by atoms with Gasteiger partial charge in [0.05, 0.1) is 17.6 Å². The minimum Gasteiger partial charge on any atom is -0.394 e. The Bertz CT molecular complexity index is 692. The van der Waals surface area contributed by atoms with Crippen LogP contribution in [0.4, 0.5) is 4.39 Å². The van der Waals surface area contributed by atoms with Gasteiger partial charge in [-0.25, -0.2) is 9.37 Å². The van der Waals surface area contributed by atoms with Crippen LogP contribution < -0.4 is 5.32 Å². The molecule has 9 heteroatoms. The molecule has 0 radical (unpaired) electrons. The van der Waals surface area contributed by atoms with Crippen LogP contribution in [-0.4, -0.2) is 61.2 Å². The summed E-state index contributed by atoms with van der Waals surface area (Å²) in [6.07, 6.45) is -4.96. The van der Waals surface area contributed by atoms with Gasteiger partial charge in [-0.2, -0.15) is 0 Å². The molecule has 1 aromatic carbocycles. The highest BCUT2D eigenvalue weighted by molar-refractivity contribution is 5.76. The average Bonchev–Trinajstić information content (AvgIpc) is 2.92. The fourth-order valence-electron chi connectivity index (χ4n) is 2.22. The molecule has 0 bridgehead atoms. The second kappa shape index (κ2) is 7.01. The summed E-state index contributed by atoms with van der Waals surface area (Å²) in [5, 5.41) is 40.7. The van der Waals surface area contributed by atoms with Gasteiger partial charge < -0.3 is 30.7 Å². The fraction of sp³-hybridized carbons (Fsp3) is 0.429. The van der Waals surface area contributed by atoms with E-state index in [0.29, 0.717) is 11.0 Å². The Kier molecular flexibility index (Phi) is 5.26. The zero-order valence-electron chi connectivity index (χ0n) is 12.3. The summed E-state index contributed by atoms with van der Waals surface area (Å²) >= 11 is 0. The first-order valence-electron chi connectivity index (χ1n) is 6.90. The van der Waals surface area contributed by atoms with E-state index in [4.69, 9.17) is 5.11 Å². The van der Waals surface area contributed by atoms with E-state index in [1.165, 1.54) is 25.1 Å². The lowest BCUT2D eigenvalue weighted by atomic mass is 10.0. The third kappa shape index (κ3) is 3.82. The van der Waals surface area contributed by atoms with Crippen molar-refractivity contribution in [1.29, 1.82) is 0 Å². The number of fused-ring (bicyclic) bond motifs is 1. The third-order valence-electron chi connectivity index (χ3n) is 3.39. The van der Waals surface area contributed by atoms with Gasteiger partial charge in [-0.05, 0) is 18.2 Å². The summed E-state index contributed by atoms with van der Waals surface area (Å²) in [6.45, 7) is 0.438. The van der Waals surface area contributed by atoms with Gasteiger partial charge >= 0.3 is 0 Å². The largest absolute Gasteiger partial charge is 0.394 e. The summed E-state index contributed by atoms with van der Waals surface area (Å²) in [5.41, 5.74) is 0.751. The Morgan fingerprint density at radius 1 is 1.35 bits per heavy atom. The number of nitrogens with one attached hydrogen (secondary N) is 2. The van der Waals surface area contributed by atoms with Gasteiger partial charge in [-0.3, -0.25) is 4.79 Å². The molecule has 0 saturated heterocycles. The molecule has 6 N–H and O–H groups in total. The van der Waals surface area contributed by atoms with Crippen molar-refractivity contribution in [3.8, 4) is 0 Å². The normalized spacial score (nSPS) is 16.8. The SMILES string of the molecule is CC(=O)NC(c1nc2ccc(F)cc2[nH]1)[C@@H](O)[C@H](O)C(O)CO. The van der Waals surface area contributed by atoms with Crippen molar-refractivity contribution in [2.75, 3.05) is 6.61 Å². The number of hydrogen-bond donors (Lipinski definition) is 6. The van der Waals surface area contributed by atoms with Crippen molar-refractivity contribution in [3.05, 3.63) is 29.8 Å². The minimum absolute atomic E-state index is 0.0810. The maximum atomic E-state index is 13.2. The minimum atomic E-state index is -1.72. The van der Waals surface area contributed by atoms with Crippen LogP contribution in [0.3, 0.4) is 0 Å². The van der Waals surface area contributed by atoms with Crippen molar-refractivity contribution < 1.29 is 29.6 Å². The third-order valence-corrected chi connectivity index (χ3v) is 3.39. The summed E-state index contributed by atoms with van der Waals surface area (Å²) < 4.78 is 13.2. The van der Waals surface area contributed by atoms with Crippen LogP contribution in [0, 0.1) is 5.82 Å². The van der Waals surface area contributed by atoms with Gasteiger partial charge in [0.15, 0.2) is 0 Å². The zero-order chi connectivity index (χ0) is 17.1. The van der Waals surface area contributed by atoms with E-state index >= 15 is 0 Å². The Labute approximate surface area is 130 Å². The number of H-pyrrole nitrogens is 1. The topological polar surface area (TPSA) is 139 Å². The van der Waals surface area contributed by atoms with Gasteiger partial charge in [0.1, 0.15) is 36.0 Å². The van der Waals surface area contributed by atoms with E-state index in [-0.39, 0.29) is 5.82 Å². The highest BCUT2D eigenvalue weighted by Gasteiger charge is 2.34. The van der Waals surface area contributed by atoms with E-state index in [1.807, 2.05) is 0 Å². The summed E-state index contributed by atoms with van der Waals surface area (Å²) in [6, 6.07) is 2.64. The molecule has 0 saturated carbocycles. The Balaban J connectivity index is 2.37. The second-order valence-electron chi connectivity index (χ2n) is 5.19. The number of carbonyl (C=O) groups excluding carboxylic acids is 1. The number of aliphatic hydroxyl groups excluding tert-OH is 4. The molecule has 23 heavy (non-hydrogen) atoms. The lowest BCUT2D eigenvalue weighted by Crippen LogP contribution is -2.47. The summed E-state index contributed by atoms with van der Waals surface area (Å²) in [7, 11) is 0. The number of aromatic nitrogens is 2. The molecule has 0 fully saturated rings. The van der Waals surface area contributed by atoms with Crippen LogP contribution in [0.15, 0.2) is 18.2 Å². The molecule has 1 heterocycles. The first-order valence-corrected chi connectivity index (χ1v) is 6.90. The Hall–Kier alpha value is -2.07. The molecular weight excluding hydrogens is 309 g/mol. The molecule has 1 aromatic heterocycles. The number of rotatable bonds is 6. The van der Waals surface area contributed by atoms with Gasteiger partial charge in [-0.1, -0.05) is 0 Å². The van der Waals surface area contributed by atoms with Gasteiger partial charge in [0, 0.05) is 6.92 Å². The molecule has 2 unspecified atom stereocenters. The maximum absolute atomic E-state index is 13.2. The van der Waals surface area contributed by atoms with Crippen molar-refractivity contribution in [2.45, 2.75) is 31.3 Å². The lowest BCUT2D eigenvalue weighted by molar-refractivity contribution is -0.123. The fourth-order valence-corrected chi connectivity index (χ4v) is 2.22. The van der Waals surface area contributed by atoms with Crippen molar-refractivity contribution >= 4 is 16.9 Å². The number of carbonyl (C=O) groups is 1. The molecule has 0 aliphatic rings. The quantitative estimate of drug-likeness (QED) is 0.400. The molecular formula is C14H18FN3O5. The van der Waals surface area contributed by atoms with E-state index in [0.717, 1.165) is 0 Å². The van der Waals surface area contributed by atoms with Crippen LogP contribution in [0.5, 0.6) is 0 Å². The molecule has 2 aromatic rings. The van der Waals surface area contributed by atoms with Crippen LogP contribution in [0.25, 0.3) is 11.0 Å². The predicted molar refractivity (Wildman–Crippen MR) is 77.7 cm³/mol. The van der Waals surface area contributed by atoms with Crippen LogP contribution in [0.1, 0.15) is 18.8 Å². The van der Waals surface area contributed by atoms with Crippen LogP contribution in [-0.2, 0) is 4.79 Å². The molecule has 1 amide bonds. The number of nitrogens with zero attached hydrogens (tertiary/aromatic N) is 1. The summed E-state index contributed by atoms with van der Waals surface area (Å²) in [4.78, 5) is 18.2. The number of aromatic amines is 1. The smallest absolute Gasteiger partial charge is 0.217 e. The number of amides is 1. The van der Waals surface area contributed by atoms with E-state index in [9.17, 15) is 24.5 Å². The number of imidazole rings is 1. The predicted octanol–water partition coefficient (Wildman–Crippen LogP) is -1.05. The van der Waals surface area contributed by atoms with Gasteiger partial charge in [0.25, 0.3) is 0 Å². The molecule has 0 aliphatic heterocycles. The number of aliphatic hydroxyl groups is 4. The van der Waals surface area contributed by atoms with E-state index < -0.39 is 42.7 Å². The molecule has 2 rings (SSSR count). The van der Waals surface area contributed by atoms with Crippen molar-refractivity contribution in [2.24, 2.45) is 0 Å². The number of benzene rings is 1. The molecule has 8 nitrogen and oxygen atoms in total. The lowest BCUT2D eigenvalue weighted by Gasteiger charge is -2.28. The average molecular weight is 327 g/mol. The number of halogens is 1. The first-order chi connectivity index (χ1) is 10.8. The maximum Gasteiger partial charge on any atom is 0.217 e. The van der Waals surface area contributed by atoms with Crippen LogP contribution >= 0.6 is 0 Å². The molecule has 0 spiro atoms. The van der Waals surface area contributed by atoms with Crippen molar-refractivity contribution in [3.63, 3.8) is 0 Å². The standard InChI is InChI=1S/C14H18FN3O5/c1-6(20)16-11(13(23)12(22)10(21)5-19)14-17-8-3-2-7(15)4-9(8)18-14/h2-4,10-13,19,21-23H,5H2,1H3,(H,16,20)(H,17,18)/t10?,11?,12-,13-/m1/s1.